The van der Waals surface area contributed by atoms with Crippen LogP contribution in [0.4, 0.5) is 0 Å². The average Bonchev–Trinajstić information content (AvgIpc) is 0.811. The van der Waals surface area contributed by atoms with Crippen LogP contribution in [0.2, 0.25) is 0 Å². The molecule has 0 spiro atoms. The van der Waals surface area contributed by atoms with E-state index in [1.807, 2.05) is 6.92 Å². The van der Waals surface area contributed by atoms with Gasteiger partial charge in [-0.15, -0.1) is 0 Å². The Balaban J connectivity index is 2.80. The molecule has 0 atom stereocenters. The van der Waals surface area contributed by atoms with Crippen LogP contribution in [0.3, 0.4) is 0 Å². The fraction of sp³-hybridized carbons (Fsp3) is 0.500. The van der Waals surface area contributed by atoms with Gasteiger partial charge in [0, 0.05) is 0 Å². The van der Waals surface area contributed by atoms with Crippen LogP contribution in [-0.2, 0) is 31.0 Å². The van der Waals surface area contributed by atoms with Crippen LogP contribution in [0.1, 0.15) is 6.92 Å². The molecule has 2 heteroatoms. The molecule has 0 bridgehead atoms. The summed E-state index contributed by atoms with van der Waals surface area (Å²) in [5, 5.41) is 6.56. The van der Waals surface area contributed by atoms with Crippen molar-refractivity contribution in [3.63, 3.8) is 0 Å². The Morgan fingerprint density at radius 2 is 2.00 bits per heavy atom. The SMILES string of the molecule is C[C](=N)[Y]. The Bertz CT molecular complexity index is 29.0. The van der Waals surface area contributed by atoms with E-state index in [0.717, 1.165) is 33.5 Å². The Kier molecular flexibility index (Phi) is 2.43. The standard InChI is InChI=1S/C2H4N.Y/c1-2-3;/h3H,1H3;. The quantitative estimate of drug-likeness (QED) is 0.463. The second-order valence-electron chi connectivity index (χ2n) is 0.683. The summed E-state index contributed by atoms with van der Waals surface area (Å²) in [6.07, 6.45) is 0. The number of nitrogens with one attached hydrogen (secondary N) is 1. The van der Waals surface area contributed by atoms with Crippen molar-refractivity contribution in [1.29, 1.82) is 5.41 Å². The summed E-state index contributed by atoms with van der Waals surface area (Å²) in [5.41, 5.74) is 0. The average molecular weight is 131 g/mol. The Morgan fingerprint density at radius 3 is 2.00 bits per heavy atom. The third-order valence-corrected chi connectivity index (χ3v) is 0. The summed E-state index contributed by atoms with van der Waals surface area (Å²) in [7, 11) is 0. The van der Waals surface area contributed by atoms with Crippen molar-refractivity contribution >= 4 is 2.52 Å². The first-order chi connectivity index (χ1) is 1.73. The fourth-order valence-electron chi connectivity index (χ4n) is 0. The first-order valence-electron chi connectivity index (χ1n) is 1.04. The van der Waals surface area contributed by atoms with Crippen LogP contribution in [0.15, 0.2) is 0 Å². The van der Waals surface area contributed by atoms with E-state index < -0.39 is 0 Å². The van der Waals surface area contributed by atoms with Gasteiger partial charge in [0.05, 0.1) is 0 Å². The third-order valence-electron chi connectivity index (χ3n) is 0. The Labute approximate surface area is 45.7 Å². The van der Waals surface area contributed by atoms with E-state index in [1.165, 1.54) is 0 Å². The van der Waals surface area contributed by atoms with Crippen molar-refractivity contribution in [2.24, 2.45) is 0 Å². The van der Waals surface area contributed by atoms with Gasteiger partial charge in [0.15, 0.2) is 0 Å². The van der Waals surface area contributed by atoms with Crippen molar-refractivity contribution in [2.45, 2.75) is 6.92 Å². The third kappa shape index (κ3) is 14.6. The normalized spacial score (nSPS) is 6.00. The van der Waals surface area contributed by atoms with E-state index in [4.69, 9.17) is 5.41 Å². The molecule has 0 heterocycles. The monoisotopic (exact) mass is 131 g/mol. The number of hydrogen-bond acceptors (Lipinski definition) is 1. The first kappa shape index (κ1) is 4.77. The molecule has 0 saturated heterocycles. The van der Waals surface area contributed by atoms with Crippen LogP contribution >= 0.6 is 0 Å². The van der Waals surface area contributed by atoms with Gasteiger partial charge in [0.2, 0.25) is 0 Å². The van der Waals surface area contributed by atoms with Gasteiger partial charge in [-0.2, -0.15) is 0 Å². The molecule has 0 aliphatic rings. The van der Waals surface area contributed by atoms with Crippen molar-refractivity contribution in [3.05, 3.63) is 0 Å². The zero-order valence-electron chi connectivity index (χ0n) is 2.58. The Morgan fingerprint density at radius 1 is 2.00 bits per heavy atom. The van der Waals surface area contributed by atoms with Gasteiger partial charge in [0.1, 0.15) is 0 Å². The molecule has 1 nitrogen and oxygen atoms in total. The number of hydrogen-bond donors (Lipinski definition) is 1. The molecule has 0 aromatic heterocycles. The van der Waals surface area contributed by atoms with E-state index in [2.05, 4.69) is 0 Å². The predicted octanol–water partition coefficient (Wildman–Crippen LogP) is 0.530. The van der Waals surface area contributed by atoms with Gasteiger partial charge in [-0.3, -0.25) is 0 Å². The molecule has 1 N–H and O–H groups in total. The second kappa shape index (κ2) is 2.04. The van der Waals surface area contributed by atoms with E-state index >= 15 is 0 Å². The maximum atomic E-state index is 6.56. The zero-order valence-corrected chi connectivity index (χ0v) is 5.42. The molecular formula is C2H4NY. The molecule has 0 unspecified atom stereocenters. The molecule has 0 aliphatic carbocycles. The molecule has 0 aromatic rings. The summed E-state index contributed by atoms with van der Waals surface area (Å²) in [4.78, 5) is 0. The minimum atomic E-state index is 0.797. The molecular weight excluding hydrogens is 127 g/mol. The van der Waals surface area contributed by atoms with Crippen LogP contribution in [0.25, 0.3) is 0 Å². The predicted molar refractivity (Wildman–Crippen MR) is 13.4 cm³/mol. The van der Waals surface area contributed by atoms with Crippen LogP contribution < -0.4 is 0 Å². The van der Waals surface area contributed by atoms with Gasteiger partial charge >= 0.3 is 45.8 Å². The van der Waals surface area contributed by atoms with E-state index in [9.17, 15) is 0 Å². The molecule has 0 aromatic carbocycles. The molecule has 0 rings (SSSR count). The van der Waals surface area contributed by atoms with Crippen molar-refractivity contribution in [2.75, 3.05) is 0 Å². The molecule has 0 aliphatic heterocycles. The topological polar surface area (TPSA) is 23.9 Å². The van der Waals surface area contributed by atoms with Crippen LogP contribution in [0.5, 0.6) is 0 Å². The summed E-state index contributed by atoms with van der Waals surface area (Å²) >= 11 is 0.984. The number of rotatable bonds is 0. The van der Waals surface area contributed by atoms with Gasteiger partial charge in [-0.05, 0) is 0 Å². The summed E-state index contributed by atoms with van der Waals surface area (Å²) < 4.78 is 0.797. The van der Waals surface area contributed by atoms with E-state index in [-0.39, 0.29) is 0 Å². The molecule has 4 heavy (non-hydrogen) atoms. The fourth-order valence-corrected chi connectivity index (χ4v) is 0. The van der Waals surface area contributed by atoms with E-state index in [1.54, 1.807) is 0 Å². The minimum absolute atomic E-state index is 0.797. The van der Waals surface area contributed by atoms with Crippen LogP contribution in [-0.4, -0.2) is 2.52 Å². The summed E-state index contributed by atoms with van der Waals surface area (Å²) in [5.74, 6) is 0. The Hall–Kier alpha value is 0.774. The van der Waals surface area contributed by atoms with Gasteiger partial charge in [-0.25, -0.2) is 0 Å². The van der Waals surface area contributed by atoms with Crippen molar-refractivity contribution < 1.29 is 31.0 Å². The van der Waals surface area contributed by atoms with Crippen LogP contribution in [0, 0.1) is 5.41 Å². The molecule has 0 radical (unpaired) electrons. The van der Waals surface area contributed by atoms with Gasteiger partial charge < -0.3 is 0 Å². The molecule has 0 saturated carbocycles. The second-order valence-corrected chi connectivity index (χ2v) is 2.81. The maximum absolute atomic E-state index is 6.56. The van der Waals surface area contributed by atoms with Crippen molar-refractivity contribution in [1.82, 2.24) is 0 Å². The summed E-state index contributed by atoms with van der Waals surface area (Å²) in [6.45, 7) is 1.81. The first-order valence-corrected chi connectivity index (χ1v) is 2.46. The van der Waals surface area contributed by atoms with Gasteiger partial charge in [-0.1, -0.05) is 0 Å². The zero-order chi connectivity index (χ0) is 3.58. The molecule has 20 valence electrons. The van der Waals surface area contributed by atoms with Crippen molar-refractivity contribution in [3.8, 4) is 0 Å². The van der Waals surface area contributed by atoms with E-state index in [0.29, 0.717) is 0 Å². The summed E-state index contributed by atoms with van der Waals surface area (Å²) in [6, 6.07) is 0. The molecule has 0 amide bonds. The van der Waals surface area contributed by atoms with Gasteiger partial charge in [0.25, 0.3) is 0 Å². The molecule has 0 fully saturated rings.